The Morgan fingerprint density at radius 3 is 2.89 bits per heavy atom. The van der Waals surface area contributed by atoms with Crippen LogP contribution in [0.2, 0.25) is 0 Å². The number of rotatable bonds is 6. The zero-order valence-corrected chi connectivity index (χ0v) is 11.7. The highest BCUT2D eigenvalue weighted by Gasteiger charge is 2.15. The molecule has 0 saturated heterocycles. The Labute approximate surface area is 116 Å². The molecule has 0 bridgehead atoms. The van der Waals surface area contributed by atoms with Crippen LogP contribution in [0.1, 0.15) is 43.4 Å². The highest BCUT2D eigenvalue weighted by Crippen LogP contribution is 2.28. The van der Waals surface area contributed by atoms with Crippen LogP contribution in [0.15, 0.2) is 23.5 Å². The zero-order valence-electron chi connectivity index (χ0n) is 10.9. The molecule has 19 heavy (non-hydrogen) atoms. The lowest BCUT2D eigenvalue weighted by atomic mass is 9.98. The van der Waals surface area contributed by atoms with Crippen LogP contribution in [0.3, 0.4) is 0 Å². The van der Waals surface area contributed by atoms with Crippen molar-refractivity contribution in [2.24, 2.45) is 0 Å². The average molecular weight is 284 g/mol. The van der Waals surface area contributed by atoms with E-state index >= 15 is 0 Å². The molecule has 1 heterocycles. The van der Waals surface area contributed by atoms with Gasteiger partial charge < -0.3 is 0 Å². The fraction of sp³-hybridized carbons (Fsp3) is 0.571. The van der Waals surface area contributed by atoms with Crippen molar-refractivity contribution in [1.29, 1.82) is 0 Å². The Bertz CT molecular complexity index is 445. The van der Waals surface area contributed by atoms with Crippen molar-refractivity contribution in [3.63, 3.8) is 0 Å². The first-order chi connectivity index (χ1) is 9.27. The second-order valence-corrected chi connectivity index (χ2v) is 5.73. The predicted molar refractivity (Wildman–Crippen MR) is 73.5 cm³/mol. The molecule has 0 unspecified atom stereocenters. The monoisotopic (exact) mass is 284 g/mol. The van der Waals surface area contributed by atoms with Crippen molar-refractivity contribution in [2.45, 2.75) is 50.0 Å². The fourth-order valence-corrected chi connectivity index (χ4v) is 3.30. The number of aromatic nitrogens is 2. The van der Waals surface area contributed by atoms with Crippen LogP contribution in [0, 0.1) is 0 Å². The SMILES string of the molecule is FC(F)=CCCCCSc1ncnc2c1CCCC2. The Hall–Kier alpha value is -0.970. The van der Waals surface area contributed by atoms with Gasteiger partial charge in [-0.25, -0.2) is 9.97 Å². The third-order valence-corrected chi connectivity index (χ3v) is 4.34. The molecule has 0 atom stereocenters. The van der Waals surface area contributed by atoms with Crippen LogP contribution in [-0.2, 0) is 12.8 Å². The molecule has 1 aromatic rings. The van der Waals surface area contributed by atoms with Gasteiger partial charge in [-0.05, 0) is 56.8 Å². The fourth-order valence-electron chi connectivity index (χ4n) is 2.24. The van der Waals surface area contributed by atoms with Crippen molar-refractivity contribution in [3.8, 4) is 0 Å². The molecule has 0 saturated carbocycles. The van der Waals surface area contributed by atoms with E-state index < -0.39 is 6.08 Å². The summed E-state index contributed by atoms with van der Waals surface area (Å²) in [5, 5.41) is 1.09. The molecule has 2 nitrogen and oxygen atoms in total. The maximum absolute atomic E-state index is 11.8. The van der Waals surface area contributed by atoms with Crippen molar-refractivity contribution in [3.05, 3.63) is 29.7 Å². The summed E-state index contributed by atoms with van der Waals surface area (Å²) < 4.78 is 23.7. The first-order valence-electron chi connectivity index (χ1n) is 6.74. The summed E-state index contributed by atoms with van der Waals surface area (Å²) in [5.41, 5.74) is 2.51. The number of unbranched alkanes of at least 4 members (excludes halogenated alkanes) is 2. The van der Waals surface area contributed by atoms with E-state index in [9.17, 15) is 8.78 Å². The normalized spacial score (nSPS) is 14.0. The van der Waals surface area contributed by atoms with Gasteiger partial charge in [0.15, 0.2) is 0 Å². The van der Waals surface area contributed by atoms with Crippen LogP contribution in [0.25, 0.3) is 0 Å². The summed E-state index contributed by atoms with van der Waals surface area (Å²) in [6.45, 7) is 0. The third kappa shape index (κ3) is 4.56. The van der Waals surface area contributed by atoms with E-state index in [0.29, 0.717) is 6.42 Å². The number of hydrogen-bond acceptors (Lipinski definition) is 3. The van der Waals surface area contributed by atoms with E-state index in [1.807, 2.05) is 0 Å². The molecule has 2 rings (SSSR count). The molecule has 104 valence electrons. The molecule has 0 aromatic carbocycles. The van der Waals surface area contributed by atoms with E-state index in [0.717, 1.165) is 42.5 Å². The van der Waals surface area contributed by atoms with Gasteiger partial charge in [0, 0.05) is 11.3 Å². The van der Waals surface area contributed by atoms with Gasteiger partial charge in [0.2, 0.25) is 0 Å². The first kappa shape index (κ1) is 14.4. The van der Waals surface area contributed by atoms with Gasteiger partial charge >= 0.3 is 0 Å². The summed E-state index contributed by atoms with van der Waals surface area (Å²) in [7, 11) is 0. The van der Waals surface area contributed by atoms with Crippen LogP contribution >= 0.6 is 11.8 Å². The largest absolute Gasteiger partial charge is 0.266 e. The zero-order chi connectivity index (χ0) is 13.5. The second-order valence-electron chi connectivity index (χ2n) is 4.65. The average Bonchev–Trinajstić information content (AvgIpc) is 2.42. The maximum atomic E-state index is 11.8. The Morgan fingerprint density at radius 1 is 1.21 bits per heavy atom. The topological polar surface area (TPSA) is 25.8 Å². The highest BCUT2D eigenvalue weighted by molar-refractivity contribution is 7.99. The Morgan fingerprint density at radius 2 is 2.05 bits per heavy atom. The van der Waals surface area contributed by atoms with E-state index in [2.05, 4.69) is 9.97 Å². The first-order valence-corrected chi connectivity index (χ1v) is 7.72. The molecule has 1 aromatic heterocycles. The summed E-state index contributed by atoms with van der Waals surface area (Å²) in [6, 6.07) is 0. The van der Waals surface area contributed by atoms with Gasteiger partial charge in [0.1, 0.15) is 11.4 Å². The minimum Gasteiger partial charge on any atom is -0.241 e. The van der Waals surface area contributed by atoms with Crippen molar-refractivity contribution < 1.29 is 8.78 Å². The molecule has 1 aliphatic rings. The quantitative estimate of drug-likeness (QED) is 0.440. The molecular weight excluding hydrogens is 266 g/mol. The van der Waals surface area contributed by atoms with E-state index in [-0.39, 0.29) is 0 Å². The minimum atomic E-state index is -1.57. The smallest absolute Gasteiger partial charge is 0.241 e. The van der Waals surface area contributed by atoms with Crippen LogP contribution in [0.5, 0.6) is 0 Å². The highest BCUT2D eigenvalue weighted by atomic mass is 32.2. The molecular formula is C14H18F2N2S. The Kier molecular flexibility index (Phi) is 5.76. The molecule has 1 aliphatic carbocycles. The Balaban J connectivity index is 1.78. The third-order valence-electron chi connectivity index (χ3n) is 3.22. The molecule has 0 N–H and O–H groups in total. The van der Waals surface area contributed by atoms with Gasteiger partial charge in [0.25, 0.3) is 6.08 Å². The minimum absolute atomic E-state index is 0.463. The van der Waals surface area contributed by atoms with Gasteiger partial charge in [-0.2, -0.15) is 8.78 Å². The van der Waals surface area contributed by atoms with Gasteiger partial charge in [0.05, 0.1) is 0 Å². The molecule has 0 spiro atoms. The molecule has 5 heteroatoms. The number of fused-ring (bicyclic) bond motifs is 1. The molecule has 0 fully saturated rings. The van der Waals surface area contributed by atoms with Crippen LogP contribution in [0.4, 0.5) is 8.78 Å². The summed E-state index contributed by atoms with van der Waals surface area (Å²) in [5.74, 6) is 0.936. The lowest BCUT2D eigenvalue weighted by Gasteiger charge is -2.16. The summed E-state index contributed by atoms with van der Waals surface area (Å²) in [6.07, 6.45) is 7.85. The summed E-state index contributed by atoms with van der Waals surface area (Å²) >= 11 is 1.73. The van der Waals surface area contributed by atoms with Crippen LogP contribution in [-0.4, -0.2) is 15.7 Å². The van der Waals surface area contributed by atoms with E-state index in [1.54, 1.807) is 18.1 Å². The van der Waals surface area contributed by atoms with Gasteiger partial charge in [-0.15, -0.1) is 11.8 Å². The maximum Gasteiger partial charge on any atom is 0.266 e. The van der Waals surface area contributed by atoms with E-state index in [4.69, 9.17) is 0 Å². The summed E-state index contributed by atoms with van der Waals surface area (Å²) in [4.78, 5) is 8.70. The molecule has 0 radical (unpaired) electrons. The van der Waals surface area contributed by atoms with Gasteiger partial charge in [-0.3, -0.25) is 0 Å². The lowest BCUT2D eigenvalue weighted by Crippen LogP contribution is -2.08. The number of halogens is 2. The van der Waals surface area contributed by atoms with Crippen molar-refractivity contribution >= 4 is 11.8 Å². The number of hydrogen-bond donors (Lipinski definition) is 0. The number of nitrogens with zero attached hydrogens (tertiary/aromatic N) is 2. The second kappa shape index (κ2) is 7.58. The van der Waals surface area contributed by atoms with E-state index in [1.165, 1.54) is 24.1 Å². The standard InChI is InChI=1S/C14H18F2N2S/c15-13(16)8-2-1-5-9-19-14-11-6-3-4-7-12(11)17-10-18-14/h8,10H,1-7,9H2. The number of thioether (sulfide) groups is 1. The van der Waals surface area contributed by atoms with Crippen molar-refractivity contribution in [1.82, 2.24) is 9.97 Å². The van der Waals surface area contributed by atoms with Gasteiger partial charge in [-0.1, -0.05) is 0 Å². The predicted octanol–water partition coefficient (Wildman–Crippen LogP) is 4.40. The van der Waals surface area contributed by atoms with Crippen molar-refractivity contribution in [2.75, 3.05) is 5.75 Å². The number of allylic oxidation sites excluding steroid dienone is 1. The molecule has 0 aliphatic heterocycles. The molecule has 0 amide bonds. The lowest BCUT2D eigenvalue weighted by molar-refractivity contribution is 0.417. The number of aryl methyl sites for hydroxylation is 1. The van der Waals surface area contributed by atoms with Crippen LogP contribution < -0.4 is 0 Å².